The van der Waals surface area contributed by atoms with E-state index in [-0.39, 0.29) is 6.54 Å². The number of aryl methyl sites for hydroxylation is 1. The van der Waals surface area contributed by atoms with E-state index in [9.17, 15) is 5.11 Å². The lowest BCUT2D eigenvalue weighted by Gasteiger charge is -2.21. The Kier molecular flexibility index (Phi) is 3.53. The molecule has 0 amide bonds. The van der Waals surface area contributed by atoms with Crippen LogP contribution in [0.25, 0.3) is 0 Å². The van der Waals surface area contributed by atoms with Crippen LogP contribution in [0.5, 0.6) is 0 Å². The van der Waals surface area contributed by atoms with Crippen molar-refractivity contribution < 1.29 is 5.11 Å². The highest BCUT2D eigenvalue weighted by Gasteiger charge is 2.18. The third-order valence-electron chi connectivity index (χ3n) is 2.25. The Morgan fingerprint density at radius 1 is 1.50 bits per heavy atom. The first kappa shape index (κ1) is 11.5. The van der Waals surface area contributed by atoms with Gasteiger partial charge >= 0.3 is 0 Å². The van der Waals surface area contributed by atoms with Crippen LogP contribution in [0.15, 0.2) is 18.2 Å². The summed E-state index contributed by atoms with van der Waals surface area (Å²) in [7, 11) is 0. The quantitative estimate of drug-likeness (QED) is 0.806. The smallest absolute Gasteiger partial charge is 0.0781 e. The lowest BCUT2D eigenvalue weighted by molar-refractivity contribution is 0.0696. The van der Waals surface area contributed by atoms with Crippen molar-refractivity contribution in [3.63, 3.8) is 0 Å². The average Bonchev–Trinajstić information content (AvgIpc) is 2.11. The maximum absolute atomic E-state index is 9.78. The minimum Gasteiger partial charge on any atom is -0.389 e. The number of rotatable bonds is 3. The van der Waals surface area contributed by atoms with Crippen LogP contribution in [-0.4, -0.2) is 17.3 Å². The molecule has 1 atom stereocenters. The summed E-state index contributed by atoms with van der Waals surface area (Å²) in [4.78, 5) is 0. The molecule has 78 valence electrons. The van der Waals surface area contributed by atoms with Crippen molar-refractivity contribution >= 4 is 11.6 Å². The van der Waals surface area contributed by atoms with Gasteiger partial charge in [0.2, 0.25) is 0 Å². The van der Waals surface area contributed by atoms with Gasteiger partial charge in [0.25, 0.3) is 0 Å². The molecule has 0 bridgehead atoms. The van der Waals surface area contributed by atoms with Gasteiger partial charge in [-0.25, -0.2) is 0 Å². The fourth-order valence-electron chi connectivity index (χ4n) is 1.33. The molecule has 2 nitrogen and oxygen atoms in total. The molecule has 0 fully saturated rings. The second-order valence-electron chi connectivity index (χ2n) is 3.96. The number of halogens is 1. The van der Waals surface area contributed by atoms with Crippen LogP contribution >= 0.6 is 11.6 Å². The second kappa shape index (κ2) is 4.30. The van der Waals surface area contributed by atoms with Crippen molar-refractivity contribution in [2.24, 2.45) is 5.73 Å². The molecule has 0 radical (unpaired) electrons. The van der Waals surface area contributed by atoms with Gasteiger partial charge in [-0.15, -0.1) is 0 Å². The molecule has 0 aliphatic carbocycles. The monoisotopic (exact) mass is 213 g/mol. The lowest BCUT2D eigenvalue weighted by atomic mass is 9.96. The van der Waals surface area contributed by atoms with Crippen LogP contribution in [-0.2, 0) is 6.42 Å². The van der Waals surface area contributed by atoms with Crippen molar-refractivity contribution in [2.75, 3.05) is 6.54 Å². The van der Waals surface area contributed by atoms with E-state index in [1.807, 2.05) is 25.1 Å². The molecule has 0 aliphatic rings. The van der Waals surface area contributed by atoms with E-state index in [1.54, 1.807) is 6.92 Å². The number of nitrogens with two attached hydrogens (primary N) is 1. The van der Waals surface area contributed by atoms with Crippen LogP contribution in [0.1, 0.15) is 18.1 Å². The Bertz CT molecular complexity index is 323. The molecular formula is C11H16ClNO. The van der Waals surface area contributed by atoms with Crippen molar-refractivity contribution in [3.8, 4) is 0 Å². The summed E-state index contributed by atoms with van der Waals surface area (Å²) in [5.74, 6) is 0. The van der Waals surface area contributed by atoms with E-state index in [0.717, 1.165) is 16.1 Å². The van der Waals surface area contributed by atoms with Crippen molar-refractivity contribution in [3.05, 3.63) is 34.3 Å². The molecule has 0 heterocycles. The average molecular weight is 214 g/mol. The van der Waals surface area contributed by atoms with Crippen LogP contribution < -0.4 is 5.73 Å². The summed E-state index contributed by atoms with van der Waals surface area (Å²) in [5.41, 5.74) is 6.70. The van der Waals surface area contributed by atoms with E-state index in [2.05, 4.69) is 0 Å². The highest BCUT2D eigenvalue weighted by molar-refractivity contribution is 6.31. The SMILES string of the molecule is Cc1cc(CC(C)(O)CN)ccc1Cl. The molecule has 0 spiro atoms. The molecule has 1 aromatic carbocycles. The summed E-state index contributed by atoms with van der Waals surface area (Å²) in [6.45, 7) is 3.94. The predicted molar refractivity (Wildman–Crippen MR) is 59.6 cm³/mol. The van der Waals surface area contributed by atoms with Gasteiger partial charge in [0.15, 0.2) is 0 Å². The van der Waals surface area contributed by atoms with E-state index >= 15 is 0 Å². The van der Waals surface area contributed by atoms with Gasteiger partial charge in [0.05, 0.1) is 5.60 Å². The van der Waals surface area contributed by atoms with Crippen molar-refractivity contribution in [1.29, 1.82) is 0 Å². The largest absolute Gasteiger partial charge is 0.389 e. The first-order valence-electron chi connectivity index (χ1n) is 4.62. The van der Waals surface area contributed by atoms with E-state index in [4.69, 9.17) is 17.3 Å². The Morgan fingerprint density at radius 3 is 2.64 bits per heavy atom. The maximum Gasteiger partial charge on any atom is 0.0781 e. The predicted octanol–water partition coefficient (Wildman–Crippen LogP) is 1.90. The molecule has 0 aliphatic heterocycles. The molecule has 0 saturated carbocycles. The Morgan fingerprint density at radius 2 is 2.14 bits per heavy atom. The van der Waals surface area contributed by atoms with Gasteiger partial charge in [-0.2, -0.15) is 0 Å². The number of hydrogen-bond acceptors (Lipinski definition) is 2. The standard InChI is InChI=1S/C11H16ClNO/c1-8-5-9(3-4-10(8)12)6-11(2,14)7-13/h3-5,14H,6-7,13H2,1-2H3. The maximum atomic E-state index is 9.78. The molecule has 3 heteroatoms. The minimum absolute atomic E-state index is 0.259. The van der Waals surface area contributed by atoms with Crippen molar-refractivity contribution in [2.45, 2.75) is 25.9 Å². The fraction of sp³-hybridized carbons (Fsp3) is 0.455. The third kappa shape index (κ3) is 2.98. The highest BCUT2D eigenvalue weighted by Crippen LogP contribution is 2.19. The second-order valence-corrected chi connectivity index (χ2v) is 4.37. The first-order chi connectivity index (χ1) is 6.44. The topological polar surface area (TPSA) is 46.2 Å². The van der Waals surface area contributed by atoms with Gasteiger partial charge in [-0.3, -0.25) is 0 Å². The Hall–Kier alpha value is -0.570. The number of aliphatic hydroxyl groups is 1. The van der Waals surface area contributed by atoms with E-state index < -0.39 is 5.60 Å². The molecule has 0 saturated heterocycles. The molecule has 3 N–H and O–H groups in total. The molecule has 1 rings (SSSR count). The summed E-state index contributed by atoms with van der Waals surface area (Å²) in [5, 5.41) is 10.5. The van der Waals surface area contributed by atoms with Gasteiger partial charge in [-0.1, -0.05) is 23.7 Å². The zero-order valence-corrected chi connectivity index (χ0v) is 9.30. The lowest BCUT2D eigenvalue weighted by Crippen LogP contribution is -2.36. The number of hydrogen-bond donors (Lipinski definition) is 2. The normalized spacial score (nSPS) is 15.2. The van der Waals surface area contributed by atoms with Gasteiger partial charge in [-0.05, 0) is 31.0 Å². The number of benzene rings is 1. The zero-order chi connectivity index (χ0) is 10.8. The third-order valence-corrected chi connectivity index (χ3v) is 2.67. The Balaban J connectivity index is 2.83. The molecule has 1 aromatic rings. The molecular weight excluding hydrogens is 198 g/mol. The van der Waals surface area contributed by atoms with Gasteiger partial charge in [0, 0.05) is 18.0 Å². The fourth-order valence-corrected chi connectivity index (χ4v) is 1.45. The molecule has 1 unspecified atom stereocenters. The van der Waals surface area contributed by atoms with E-state index in [1.165, 1.54) is 0 Å². The van der Waals surface area contributed by atoms with E-state index in [0.29, 0.717) is 6.42 Å². The summed E-state index contributed by atoms with van der Waals surface area (Å²) < 4.78 is 0. The van der Waals surface area contributed by atoms with Crippen LogP contribution in [0.2, 0.25) is 5.02 Å². The highest BCUT2D eigenvalue weighted by atomic mass is 35.5. The van der Waals surface area contributed by atoms with Crippen LogP contribution in [0.4, 0.5) is 0 Å². The summed E-state index contributed by atoms with van der Waals surface area (Å²) >= 11 is 5.90. The molecule has 0 aromatic heterocycles. The summed E-state index contributed by atoms with van der Waals surface area (Å²) in [6, 6.07) is 5.74. The van der Waals surface area contributed by atoms with Crippen molar-refractivity contribution in [1.82, 2.24) is 0 Å². The first-order valence-corrected chi connectivity index (χ1v) is 5.00. The minimum atomic E-state index is -0.833. The van der Waals surface area contributed by atoms with Crippen LogP contribution in [0, 0.1) is 6.92 Å². The van der Waals surface area contributed by atoms with Gasteiger partial charge in [0.1, 0.15) is 0 Å². The Labute approximate surface area is 89.7 Å². The van der Waals surface area contributed by atoms with Gasteiger partial charge < -0.3 is 10.8 Å². The van der Waals surface area contributed by atoms with Crippen LogP contribution in [0.3, 0.4) is 0 Å². The zero-order valence-electron chi connectivity index (χ0n) is 8.55. The summed E-state index contributed by atoms with van der Waals surface area (Å²) in [6.07, 6.45) is 0.557. The molecule has 14 heavy (non-hydrogen) atoms.